The number of rotatable bonds is 12. The van der Waals surface area contributed by atoms with Crippen molar-refractivity contribution < 1.29 is 32.7 Å². The first-order chi connectivity index (χ1) is 16.9. The van der Waals surface area contributed by atoms with Gasteiger partial charge in [0.1, 0.15) is 12.1 Å². The molecule has 11 nitrogen and oxygen atoms in total. The van der Waals surface area contributed by atoms with Gasteiger partial charge in [-0.1, -0.05) is 38.0 Å². The van der Waals surface area contributed by atoms with Gasteiger partial charge in [0, 0.05) is 25.4 Å². The molecule has 0 aliphatic carbocycles. The topological polar surface area (TPSA) is 176 Å². The van der Waals surface area contributed by atoms with Crippen LogP contribution in [0.2, 0.25) is 0 Å². The number of piperidine rings is 1. The minimum absolute atomic E-state index is 0.0777. The lowest BCUT2D eigenvalue weighted by atomic mass is 9.93. The van der Waals surface area contributed by atoms with Crippen molar-refractivity contribution in [2.45, 2.75) is 69.9 Å². The monoisotopic (exact) mass is 524 g/mol. The second-order valence-electron chi connectivity index (χ2n) is 9.30. The van der Waals surface area contributed by atoms with Crippen LogP contribution in [0.25, 0.3) is 0 Å². The average molecular weight is 525 g/mol. The molecule has 200 valence electrons. The van der Waals surface area contributed by atoms with Crippen molar-refractivity contribution in [3.63, 3.8) is 0 Å². The molecule has 1 aliphatic heterocycles. The van der Waals surface area contributed by atoms with Crippen molar-refractivity contribution >= 4 is 33.7 Å². The fourth-order valence-corrected chi connectivity index (χ4v) is 5.29. The van der Waals surface area contributed by atoms with E-state index in [1.807, 2.05) is 13.8 Å². The first-order valence-corrected chi connectivity index (χ1v) is 13.5. The van der Waals surface area contributed by atoms with Gasteiger partial charge >= 0.3 is 5.97 Å². The number of benzene rings is 1. The SMILES string of the molecule is CC[C@@H](C)[C@H](NS(=O)(=O)c1ccc(C)cc1)C(=O)N1CCC(C(=O)N[C@@H](CCC(N)=O)C(=O)O)CC1. The first-order valence-electron chi connectivity index (χ1n) is 12.0. The summed E-state index contributed by atoms with van der Waals surface area (Å²) in [5, 5.41) is 11.7. The molecule has 1 aliphatic rings. The smallest absolute Gasteiger partial charge is 0.326 e. The van der Waals surface area contributed by atoms with Crippen LogP contribution in [0.3, 0.4) is 0 Å². The molecule has 1 fully saturated rings. The van der Waals surface area contributed by atoms with E-state index in [-0.39, 0.29) is 42.7 Å². The molecule has 0 bridgehead atoms. The third-order valence-electron chi connectivity index (χ3n) is 6.56. The van der Waals surface area contributed by atoms with Crippen molar-refractivity contribution in [1.82, 2.24) is 14.9 Å². The largest absolute Gasteiger partial charge is 0.480 e. The minimum atomic E-state index is -3.92. The standard InChI is InChI=1S/C24H36N4O7S/c1-4-16(3)21(27-36(34,35)18-7-5-15(2)6-8-18)23(31)28-13-11-17(12-14-28)22(30)26-19(24(32)33)9-10-20(25)29/h5-8,16-17,19,21,27H,4,9-14H2,1-3H3,(H2,25,29)(H,26,30)(H,32,33)/t16-,19+,21+/m1/s1. The quantitative estimate of drug-likeness (QED) is 0.312. The van der Waals surface area contributed by atoms with E-state index < -0.39 is 45.8 Å². The summed E-state index contributed by atoms with van der Waals surface area (Å²) in [4.78, 5) is 49.9. The number of aliphatic carboxylic acids is 1. The number of nitrogens with one attached hydrogen (secondary N) is 2. The number of primary amides is 1. The summed E-state index contributed by atoms with van der Waals surface area (Å²) in [5.74, 6) is -3.50. The summed E-state index contributed by atoms with van der Waals surface area (Å²) in [7, 11) is -3.92. The Kier molecular flexibility index (Phi) is 10.4. The Morgan fingerprint density at radius 1 is 1.14 bits per heavy atom. The maximum absolute atomic E-state index is 13.3. The number of carboxylic acid groups (broad SMARTS) is 1. The lowest BCUT2D eigenvalue weighted by Crippen LogP contribution is -2.54. The molecule has 0 radical (unpaired) electrons. The van der Waals surface area contributed by atoms with Crippen LogP contribution < -0.4 is 15.8 Å². The van der Waals surface area contributed by atoms with Gasteiger partial charge in [0.2, 0.25) is 27.7 Å². The zero-order valence-corrected chi connectivity index (χ0v) is 21.7. The van der Waals surface area contributed by atoms with Crippen LogP contribution in [0.5, 0.6) is 0 Å². The van der Waals surface area contributed by atoms with Gasteiger partial charge in [-0.3, -0.25) is 14.4 Å². The lowest BCUT2D eigenvalue weighted by Gasteiger charge is -2.35. The average Bonchev–Trinajstić information content (AvgIpc) is 2.84. The predicted octanol–water partition coefficient (Wildman–Crippen LogP) is 0.762. The summed E-state index contributed by atoms with van der Waals surface area (Å²) in [6.07, 6.45) is 0.911. The summed E-state index contributed by atoms with van der Waals surface area (Å²) in [6, 6.07) is 4.18. The maximum atomic E-state index is 13.3. The highest BCUT2D eigenvalue weighted by Crippen LogP contribution is 2.22. The first kappa shape index (κ1) is 29.2. The third kappa shape index (κ3) is 8.02. The van der Waals surface area contributed by atoms with E-state index >= 15 is 0 Å². The molecular weight excluding hydrogens is 488 g/mol. The van der Waals surface area contributed by atoms with Crippen molar-refractivity contribution in [3.05, 3.63) is 29.8 Å². The molecule has 1 aromatic carbocycles. The highest BCUT2D eigenvalue weighted by molar-refractivity contribution is 7.89. The van der Waals surface area contributed by atoms with Crippen LogP contribution in [-0.4, -0.2) is 67.3 Å². The zero-order chi connectivity index (χ0) is 27.0. The van der Waals surface area contributed by atoms with Gasteiger partial charge in [-0.15, -0.1) is 0 Å². The summed E-state index contributed by atoms with van der Waals surface area (Å²) < 4.78 is 28.5. The van der Waals surface area contributed by atoms with Gasteiger partial charge < -0.3 is 21.1 Å². The van der Waals surface area contributed by atoms with Gasteiger partial charge in [0.15, 0.2) is 0 Å². The zero-order valence-electron chi connectivity index (χ0n) is 20.9. The highest BCUT2D eigenvalue weighted by Gasteiger charge is 2.36. The van der Waals surface area contributed by atoms with Gasteiger partial charge in [-0.2, -0.15) is 4.72 Å². The summed E-state index contributed by atoms with van der Waals surface area (Å²) in [6.45, 7) is 5.99. The Morgan fingerprint density at radius 3 is 2.22 bits per heavy atom. The Morgan fingerprint density at radius 2 is 1.72 bits per heavy atom. The number of amides is 3. The molecular formula is C24H36N4O7S. The molecule has 0 saturated carbocycles. The Bertz CT molecular complexity index is 1050. The summed E-state index contributed by atoms with van der Waals surface area (Å²) in [5.41, 5.74) is 5.98. The molecule has 1 heterocycles. The van der Waals surface area contributed by atoms with Gasteiger partial charge in [0.05, 0.1) is 4.90 Å². The molecule has 3 atom stereocenters. The number of nitrogens with two attached hydrogens (primary N) is 1. The number of hydrogen-bond donors (Lipinski definition) is 4. The van der Waals surface area contributed by atoms with E-state index in [0.717, 1.165) is 5.56 Å². The molecule has 0 spiro atoms. The van der Waals surface area contributed by atoms with E-state index in [0.29, 0.717) is 19.3 Å². The van der Waals surface area contributed by atoms with Crippen molar-refractivity contribution in [1.29, 1.82) is 0 Å². The number of carbonyl (C=O) groups excluding carboxylic acids is 3. The van der Waals surface area contributed by atoms with E-state index in [1.165, 1.54) is 12.1 Å². The fraction of sp³-hybridized carbons (Fsp3) is 0.583. The number of nitrogens with zero attached hydrogens (tertiary/aromatic N) is 1. The van der Waals surface area contributed by atoms with Gasteiger partial charge in [-0.05, 0) is 44.2 Å². The van der Waals surface area contributed by atoms with Crippen LogP contribution in [0.4, 0.5) is 0 Å². The van der Waals surface area contributed by atoms with Crippen LogP contribution in [0.15, 0.2) is 29.2 Å². The summed E-state index contributed by atoms with van der Waals surface area (Å²) >= 11 is 0. The molecule has 5 N–H and O–H groups in total. The Hall–Kier alpha value is -2.99. The molecule has 1 aromatic rings. The van der Waals surface area contributed by atoms with Gasteiger partial charge in [-0.25, -0.2) is 13.2 Å². The van der Waals surface area contributed by atoms with Gasteiger partial charge in [0.25, 0.3) is 0 Å². The van der Waals surface area contributed by atoms with Crippen LogP contribution >= 0.6 is 0 Å². The second-order valence-corrected chi connectivity index (χ2v) is 11.0. The van der Waals surface area contributed by atoms with E-state index in [1.54, 1.807) is 24.0 Å². The van der Waals surface area contributed by atoms with E-state index in [9.17, 15) is 32.7 Å². The third-order valence-corrected chi connectivity index (χ3v) is 8.02. The number of likely N-dealkylation sites (tertiary alicyclic amines) is 1. The number of hydrogen-bond acceptors (Lipinski definition) is 6. The van der Waals surface area contributed by atoms with Crippen molar-refractivity contribution in [2.75, 3.05) is 13.1 Å². The van der Waals surface area contributed by atoms with E-state index in [2.05, 4.69) is 10.0 Å². The van der Waals surface area contributed by atoms with Crippen LogP contribution in [0.1, 0.15) is 51.5 Å². The number of carboxylic acids is 1. The molecule has 0 unspecified atom stereocenters. The molecule has 2 rings (SSSR count). The normalized spacial score (nSPS) is 17.1. The molecule has 3 amide bonds. The molecule has 1 saturated heterocycles. The maximum Gasteiger partial charge on any atom is 0.326 e. The number of sulfonamides is 1. The van der Waals surface area contributed by atoms with Crippen molar-refractivity contribution in [3.8, 4) is 0 Å². The predicted molar refractivity (Wildman–Crippen MR) is 132 cm³/mol. The lowest BCUT2D eigenvalue weighted by molar-refractivity contribution is -0.143. The fourth-order valence-electron chi connectivity index (χ4n) is 3.99. The Labute approximate surface area is 211 Å². The minimum Gasteiger partial charge on any atom is -0.480 e. The Balaban J connectivity index is 2.03. The molecule has 0 aromatic heterocycles. The molecule has 36 heavy (non-hydrogen) atoms. The van der Waals surface area contributed by atoms with Crippen LogP contribution in [-0.2, 0) is 29.2 Å². The second kappa shape index (κ2) is 12.8. The van der Waals surface area contributed by atoms with Crippen LogP contribution in [0, 0.1) is 18.8 Å². The molecule has 12 heteroatoms. The number of carbonyl (C=O) groups is 4. The number of aryl methyl sites for hydroxylation is 1. The van der Waals surface area contributed by atoms with E-state index in [4.69, 9.17) is 5.73 Å². The highest BCUT2D eigenvalue weighted by atomic mass is 32.2. The van der Waals surface area contributed by atoms with Crippen molar-refractivity contribution in [2.24, 2.45) is 17.6 Å².